The van der Waals surface area contributed by atoms with Gasteiger partial charge in [0.15, 0.2) is 0 Å². The largest absolute Gasteiger partial charge is 0.312 e. The van der Waals surface area contributed by atoms with Gasteiger partial charge in [-0.25, -0.2) is 0 Å². The van der Waals surface area contributed by atoms with E-state index in [0.29, 0.717) is 16.3 Å². The van der Waals surface area contributed by atoms with Crippen molar-refractivity contribution in [1.82, 2.24) is 10.9 Å². The van der Waals surface area contributed by atoms with Crippen molar-refractivity contribution in [2.45, 2.75) is 32.6 Å². The fourth-order valence-electron chi connectivity index (χ4n) is 3.17. The van der Waals surface area contributed by atoms with Crippen LogP contribution in [0.3, 0.4) is 0 Å². The maximum Gasteiger partial charge on any atom is 0.269 e. The smallest absolute Gasteiger partial charge is 0.269 e. The molecule has 1 fully saturated rings. The van der Waals surface area contributed by atoms with E-state index in [1.165, 1.54) is 0 Å². The van der Waals surface area contributed by atoms with E-state index in [1.54, 1.807) is 41.3 Å². The van der Waals surface area contributed by atoms with Gasteiger partial charge in [-0.3, -0.25) is 25.2 Å². The summed E-state index contributed by atoms with van der Waals surface area (Å²) in [6.45, 7) is 6.54. The maximum atomic E-state index is 12.4. The van der Waals surface area contributed by atoms with Gasteiger partial charge in [0.05, 0.1) is 5.92 Å². The second kappa shape index (κ2) is 8.25. The number of nitrogens with one attached hydrogen (secondary N) is 2. The zero-order valence-corrected chi connectivity index (χ0v) is 17.4. The highest BCUT2D eigenvalue weighted by molar-refractivity contribution is 6.30. The Kier molecular flexibility index (Phi) is 5.94. The molecule has 1 saturated heterocycles. The lowest BCUT2D eigenvalue weighted by Gasteiger charge is -2.19. The predicted molar refractivity (Wildman–Crippen MR) is 113 cm³/mol. The molecule has 0 aromatic heterocycles. The molecule has 29 heavy (non-hydrogen) atoms. The molecule has 3 amide bonds. The SMILES string of the molecule is CC(C)(C)c1ccc(C(=O)NNC(=O)[C@H]2CC(=O)N(c3ccc(Cl)cc3)C2)cc1. The number of nitrogens with zero attached hydrogens (tertiary/aromatic N) is 1. The molecule has 3 rings (SSSR count). The van der Waals surface area contributed by atoms with Crippen LogP contribution in [0.4, 0.5) is 5.69 Å². The standard InChI is InChI=1S/C22H24ClN3O3/c1-22(2,3)16-6-4-14(5-7-16)20(28)24-25-21(29)15-12-19(27)26(13-15)18-10-8-17(23)9-11-18/h4-11,15H,12-13H2,1-3H3,(H,24,28)(H,25,29)/t15-/m0/s1. The first-order valence-corrected chi connectivity index (χ1v) is 9.79. The zero-order chi connectivity index (χ0) is 21.2. The molecule has 0 radical (unpaired) electrons. The summed E-state index contributed by atoms with van der Waals surface area (Å²) in [5, 5.41) is 0.577. The summed E-state index contributed by atoms with van der Waals surface area (Å²) in [6, 6.07) is 14.1. The minimum Gasteiger partial charge on any atom is -0.312 e. The van der Waals surface area contributed by atoms with E-state index in [-0.39, 0.29) is 24.3 Å². The van der Waals surface area contributed by atoms with E-state index in [9.17, 15) is 14.4 Å². The van der Waals surface area contributed by atoms with Crippen LogP contribution in [0, 0.1) is 5.92 Å². The van der Waals surface area contributed by atoms with Gasteiger partial charge in [-0.15, -0.1) is 0 Å². The van der Waals surface area contributed by atoms with Crippen molar-refractivity contribution in [2.75, 3.05) is 11.4 Å². The van der Waals surface area contributed by atoms with E-state index in [4.69, 9.17) is 11.6 Å². The Labute approximate surface area is 175 Å². The molecule has 0 unspecified atom stereocenters. The van der Waals surface area contributed by atoms with Crippen molar-refractivity contribution in [3.8, 4) is 0 Å². The molecule has 0 bridgehead atoms. The zero-order valence-electron chi connectivity index (χ0n) is 16.7. The summed E-state index contributed by atoms with van der Waals surface area (Å²) in [5.41, 5.74) is 7.11. The number of hydrogen-bond donors (Lipinski definition) is 2. The van der Waals surface area contributed by atoms with Gasteiger partial charge < -0.3 is 4.90 Å². The molecule has 6 nitrogen and oxygen atoms in total. The lowest BCUT2D eigenvalue weighted by atomic mass is 9.87. The lowest BCUT2D eigenvalue weighted by molar-refractivity contribution is -0.126. The van der Waals surface area contributed by atoms with Gasteiger partial charge in [-0.1, -0.05) is 44.5 Å². The van der Waals surface area contributed by atoms with Crippen LogP contribution < -0.4 is 15.8 Å². The first kappa shape index (κ1) is 20.9. The van der Waals surface area contributed by atoms with E-state index >= 15 is 0 Å². The van der Waals surface area contributed by atoms with Crippen LogP contribution in [0.5, 0.6) is 0 Å². The summed E-state index contributed by atoms with van der Waals surface area (Å²) in [4.78, 5) is 38.5. The van der Waals surface area contributed by atoms with Gasteiger partial charge in [0.2, 0.25) is 11.8 Å². The third-order valence-electron chi connectivity index (χ3n) is 4.95. The summed E-state index contributed by atoms with van der Waals surface area (Å²) in [6.07, 6.45) is 0.0879. The van der Waals surface area contributed by atoms with Crippen molar-refractivity contribution < 1.29 is 14.4 Å². The van der Waals surface area contributed by atoms with Gasteiger partial charge in [-0.2, -0.15) is 0 Å². The summed E-state index contributed by atoms with van der Waals surface area (Å²) in [7, 11) is 0. The molecule has 1 atom stereocenters. The van der Waals surface area contributed by atoms with Crippen LogP contribution in [0.2, 0.25) is 5.02 Å². The minimum atomic E-state index is -0.540. The fourth-order valence-corrected chi connectivity index (χ4v) is 3.29. The fraction of sp³-hybridized carbons (Fsp3) is 0.318. The van der Waals surface area contributed by atoms with Crippen LogP contribution in [-0.2, 0) is 15.0 Å². The van der Waals surface area contributed by atoms with Crippen molar-refractivity contribution in [3.63, 3.8) is 0 Å². The van der Waals surface area contributed by atoms with Gasteiger partial charge in [0, 0.05) is 29.2 Å². The Morgan fingerprint density at radius 1 is 1.00 bits per heavy atom. The average Bonchev–Trinajstić information content (AvgIpc) is 3.07. The summed E-state index contributed by atoms with van der Waals surface area (Å²) < 4.78 is 0. The minimum absolute atomic E-state index is 0.00576. The number of benzene rings is 2. The second-order valence-corrected chi connectivity index (χ2v) is 8.59. The Morgan fingerprint density at radius 2 is 1.62 bits per heavy atom. The molecule has 152 valence electrons. The maximum absolute atomic E-state index is 12.4. The summed E-state index contributed by atoms with van der Waals surface area (Å²) in [5.74, 6) is -1.48. The number of hydrazine groups is 1. The van der Waals surface area contributed by atoms with Gasteiger partial charge in [0.1, 0.15) is 0 Å². The van der Waals surface area contributed by atoms with Crippen molar-refractivity contribution >= 4 is 35.0 Å². The molecule has 0 saturated carbocycles. The molecule has 1 aliphatic heterocycles. The molecule has 0 spiro atoms. The van der Waals surface area contributed by atoms with Gasteiger partial charge in [-0.05, 0) is 47.4 Å². The third kappa shape index (κ3) is 4.95. The van der Waals surface area contributed by atoms with E-state index in [0.717, 1.165) is 5.56 Å². The Balaban J connectivity index is 1.56. The van der Waals surface area contributed by atoms with Crippen LogP contribution in [0.25, 0.3) is 0 Å². The first-order chi connectivity index (χ1) is 13.6. The number of anilines is 1. The third-order valence-corrected chi connectivity index (χ3v) is 5.20. The number of halogens is 1. The molecule has 1 heterocycles. The molecule has 2 N–H and O–H groups in total. The summed E-state index contributed by atoms with van der Waals surface area (Å²) >= 11 is 5.88. The number of carbonyl (C=O) groups is 3. The molecule has 2 aromatic rings. The number of carbonyl (C=O) groups excluding carboxylic acids is 3. The first-order valence-electron chi connectivity index (χ1n) is 9.42. The van der Waals surface area contributed by atoms with Crippen LogP contribution in [-0.4, -0.2) is 24.3 Å². The molecule has 0 aliphatic carbocycles. The van der Waals surface area contributed by atoms with Gasteiger partial charge in [0.25, 0.3) is 5.91 Å². The highest BCUT2D eigenvalue weighted by Crippen LogP contribution is 2.26. The molecular formula is C22H24ClN3O3. The number of rotatable bonds is 3. The molecular weight excluding hydrogens is 390 g/mol. The Hall–Kier alpha value is -2.86. The highest BCUT2D eigenvalue weighted by Gasteiger charge is 2.35. The lowest BCUT2D eigenvalue weighted by Crippen LogP contribution is -2.45. The highest BCUT2D eigenvalue weighted by atomic mass is 35.5. The van der Waals surface area contributed by atoms with Crippen molar-refractivity contribution in [2.24, 2.45) is 5.92 Å². The molecule has 2 aromatic carbocycles. The molecule has 1 aliphatic rings. The monoisotopic (exact) mass is 413 g/mol. The predicted octanol–water partition coefficient (Wildman–Crippen LogP) is 3.45. The van der Waals surface area contributed by atoms with E-state index in [2.05, 4.69) is 31.6 Å². The average molecular weight is 414 g/mol. The quantitative estimate of drug-likeness (QED) is 0.756. The van der Waals surface area contributed by atoms with E-state index < -0.39 is 17.7 Å². The van der Waals surface area contributed by atoms with Crippen LogP contribution >= 0.6 is 11.6 Å². The normalized spacial score (nSPS) is 16.6. The van der Waals surface area contributed by atoms with Crippen molar-refractivity contribution in [3.05, 3.63) is 64.7 Å². The van der Waals surface area contributed by atoms with Crippen LogP contribution in [0.15, 0.2) is 48.5 Å². The van der Waals surface area contributed by atoms with Gasteiger partial charge >= 0.3 is 0 Å². The van der Waals surface area contributed by atoms with E-state index in [1.807, 2.05) is 12.1 Å². The Morgan fingerprint density at radius 3 is 2.21 bits per heavy atom. The number of hydrogen-bond acceptors (Lipinski definition) is 3. The second-order valence-electron chi connectivity index (χ2n) is 8.15. The number of amides is 3. The van der Waals surface area contributed by atoms with Crippen molar-refractivity contribution in [1.29, 1.82) is 0 Å². The molecule has 7 heteroatoms. The topological polar surface area (TPSA) is 78.5 Å². The van der Waals surface area contributed by atoms with Crippen LogP contribution in [0.1, 0.15) is 43.1 Å². The Bertz CT molecular complexity index is 918.